The topological polar surface area (TPSA) is 60.0 Å². The van der Waals surface area contributed by atoms with Crippen molar-refractivity contribution in [1.29, 1.82) is 0 Å². The number of fused-ring (bicyclic) bond motifs is 1. The normalized spacial score (nSPS) is 22.3. The number of rotatable bonds is 5. The smallest absolute Gasteiger partial charge is 0.322 e. The fraction of sp³-hybridized carbons (Fsp3) is 0.632. The second-order valence-electron chi connectivity index (χ2n) is 6.62. The Morgan fingerprint density at radius 3 is 2.96 bits per heavy atom. The maximum absolute atomic E-state index is 12.7. The molecular formula is C19H28N2O4. The highest BCUT2D eigenvalue weighted by molar-refractivity contribution is 5.91. The molecule has 25 heavy (non-hydrogen) atoms. The van der Waals surface area contributed by atoms with Crippen LogP contribution >= 0.6 is 0 Å². The van der Waals surface area contributed by atoms with E-state index < -0.39 is 0 Å². The number of urea groups is 1. The summed E-state index contributed by atoms with van der Waals surface area (Å²) in [6.07, 6.45) is 3.11. The number of carbonyl (C=O) groups excluding carboxylic acids is 1. The molecule has 0 radical (unpaired) electrons. The first kappa shape index (κ1) is 17.9. The number of amides is 2. The largest absolute Gasteiger partial charge is 0.492 e. The summed E-state index contributed by atoms with van der Waals surface area (Å²) in [5, 5.41) is 3.00. The summed E-state index contributed by atoms with van der Waals surface area (Å²) in [5.74, 6) is 1.53. The monoisotopic (exact) mass is 348 g/mol. The van der Waals surface area contributed by atoms with Crippen molar-refractivity contribution in [2.75, 3.05) is 31.6 Å². The van der Waals surface area contributed by atoms with Gasteiger partial charge in [0.15, 0.2) is 0 Å². The lowest BCUT2D eigenvalue weighted by Crippen LogP contribution is -2.45. The van der Waals surface area contributed by atoms with Gasteiger partial charge in [-0.1, -0.05) is 0 Å². The predicted octanol–water partition coefficient (Wildman–Crippen LogP) is 3.44. The van der Waals surface area contributed by atoms with Gasteiger partial charge in [0.2, 0.25) is 0 Å². The zero-order valence-electron chi connectivity index (χ0n) is 15.3. The second-order valence-corrected chi connectivity index (χ2v) is 6.62. The van der Waals surface area contributed by atoms with E-state index in [1.165, 1.54) is 0 Å². The Hall–Kier alpha value is -1.95. The number of likely N-dealkylation sites (tertiary alicyclic amines) is 1. The Morgan fingerprint density at radius 1 is 1.36 bits per heavy atom. The van der Waals surface area contributed by atoms with Crippen LogP contribution in [0.4, 0.5) is 10.5 Å². The molecule has 0 bridgehead atoms. The lowest BCUT2D eigenvalue weighted by molar-refractivity contribution is 0.0181. The van der Waals surface area contributed by atoms with E-state index in [-0.39, 0.29) is 18.2 Å². The summed E-state index contributed by atoms with van der Waals surface area (Å²) >= 11 is 0. The SMILES string of the molecule is CCOc1cc2c(cc1NC(=O)N1CCCC(OCC)C1)OC(C)C2. The molecule has 6 nitrogen and oxygen atoms in total. The molecule has 1 aromatic rings. The average Bonchev–Trinajstić information content (AvgIpc) is 2.95. The molecule has 0 spiro atoms. The van der Waals surface area contributed by atoms with Gasteiger partial charge < -0.3 is 24.4 Å². The minimum Gasteiger partial charge on any atom is -0.492 e. The Kier molecular flexibility index (Phi) is 5.68. The van der Waals surface area contributed by atoms with Crippen molar-refractivity contribution in [3.63, 3.8) is 0 Å². The summed E-state index contributed by atoms with van der Waals surface area (Å²) in [6.45, 7) is 8.57. The number of benzene rings is 1. The summed E-state index contributed by atoms with van der Waals surface area (Å²) in [7, 11) is 0. The molecule has 1 N–H and O–H groups in total. The van der Waals surface area contributed by atoms with Crippen LogP contribution in [-0.4, -0.2) is 49.4 Å². The maximum atomic E-state index is 12.7. The number of anilines is 1. The first-order chi connectivity index (χ1) is 12.1. The Bertz CT molecular complexity index is 618. The number of piperidine rings is 1. The van der Waals surface area contributed by atoms with Gasteiger partial charge in [-0.3, -0.25) is 0 Å². The minimum absolute atomic E-state index is 0.114. The van der Waals surface area contributed by atoms with Crippen molar-refractivity contribution in [1.82, 2.24) is 4.90 Å². The number of ether oxygens (including phenoxy) is 3. The highest BCUT2D eigenvalue weighted by Gasteiger charge is 2.26. The van der Waals surface area contributed by atoms with Crippen LogP contribution in [0, 0.1) is 0 Å². The average molecular weight is 348 g/mol. The Labute approximate surface area is 149 Å². The zero-order valence-corrected chi connectivity index (χ0v) is 15.3. The summed E-state index contributed by atoms with van der Waals surface area (Å²) in [6, 6.07) is 3.75. The van der Waals surface area contributed by atoms with E-state index in [2.05, 4.69) is 5.32 Å². The van der Waals surface area contributed by atoms with Gasteiger partial charge >= 0.3 is 6.03 Å². The van der Waals surface area contributed by atoms with Gasteiger partial charge in [-0.15, -0.1) is 0 Å². The van der Waals surface area contributed by atoms with Crippen LogP contribution < -0.4 is 14.8 Å². The lowest BCUT2D eigenvalue weighted by atomic mass is 10.1. The van der Waals surface area contributed by atoms with Crippen LogP contribution in [0.2, 0.25) is 0 Å². The van der Waals surface area contributed by atoms with Gasteiger partial charge in [-0.05, 0) is 39.7 Å². The molecule has 1 saturated heterocycles. The predicted molar refractivity (Wildman–Crippen MR) is 96.6 cm³/mol. The summed E-state index contributed by atoms with van der Waals surface area (Å²) in [5.41, 5.74) is 1.79. The van der Waals surface area contributed by atoms with Crippen LogP contribution in [0.5, 0.6) is 11.5 Å². The number of nitrogens with one attached hydrogen (secondary N) is 1. The van der Waals surface area contributed by atoms with E-state index in [4.69, 9.17) is 14.2 Å². The molecule has 138 valence electrons. The molecule has 1 fully saturated rings. The Morgan fingerprint density at radius 2 is 2.20 bits per heavy atom. The number of hydrogen-bond donors (Lipinski definition) is 1. The molecule has 2 aliphatic rings. The summed E-state index contributed by atoms with van der Waals surface area (Å²) < 4.78 is 17.2. The van der Waals surface area contributed by atoms with Gasteiger partial charge in [0.1, 0.15) is 17.6 Å². The molecule has 2 heterocycles. The standard InChI is InChI=1S/C19H28N2O4/c1-4-23-15-7-6-8-21(12-15)19(22)20-16-11-17-14(9-13(3)25-17)10-18(16)24-5-2/h10-11,13,15H,4-9,12H2,1-3H3,(H,20,22). The first-order valence-electron chi connectivity index (χ1n) is 9.24. The van der Waals surface area contributed by atoms with E-state index >= 15 is 0 Å². The van der Waals surface area contributed by atoms with Crippen LogP contribution in [0.3, 0.4) is 0 Å². The second kappa shape index (κ2) is 7.95. The molecule has 6 heteroatoms. The van der Waals surface area contributed by atoms with Gasteiger partial charge in [-0.25, -0.2) is 4.79 Å². The van der Waals surface area contributed by atoms with Crippen LogP contribution in [0.1, 0.15) is 39.2 Å². The molecule has 0 saturated carbocycles. The number of nitrogens with zero attached hydrogens (tertiary/aromatic N) is 1. The van der Waals surface area contributed by atoms with Gasteiger partial charge in [-0.2, -0.15) is 0 Å². The number of carbonyl (C=O) groups is 1. The van der Waals surface area contributed by atoms with E-state index in [1.807, 2.05) is 37.8 Å². The van der Waals surface area contributed by atoms with Crippen molar-refractivity contribution >= 4 is 11.7 Å². The van der Waals surface area contributed by atoms with Crippen molar-refractivity contribution in [3.8, 4) is 11.5 Å². The van der Waals surface area contributed by atoms with Crippen LogP contribution in [-0.2, 0) is 11.2 Å². The third-order valence-electron chi connectivity index (χ3n) is 4.61. The van der Waals surface area contributed by atoms with E-state index in [0.29, 0.717) is 31.2 Å². The van der Waals surface area contributed by atoms with Gasteiger partial charge in [0, 0.05) is 37.7 Å². The van der Waals surface area contributed by atoms with Crippen LogP contribution in [0.15, 0.2) is 12.1 Å². The lowest BCUT2D eigenvalue weighted by Gasteiger charge is -2.32. The Balaban J connectivity index is 1.73. The third kappa shape index (κ3) is 4.18. The third-order valence-corrected chi connectivity index (χ3v) is 4.61. The molecule has 3 rings (SSSR count). The molecule has 1 aromatic carbocycles. The summed E-state index contributed by atoms with van der Waals surface area (Å²) in [4.78, 5) is 14.5. The van der Waals surface area contributed by atoms with E-state index in [1.54, 1.807) is 0 Å². The fourth-order valence-electron chi connectivity index (χ4n) is 3.50. The zero-order chi connectivity index (χ0) is 17.8. The molecule has 2 atom stereocenters. The molecular weight excluding hydrogens is 320 g/mol. The molecule has 0 aromatic heterocycles. The number of hydrogen-bond acceptors (Lipinski definition) is 4. The minimum atomic E-state index is -0.114. The highest BCUT2D eigenvalue weighted by Crippen LogP contribution is 2.38. The highest BCUT2D eigenvalue weighted by atomic mass is 16.5. The van der Waals surface area contributed by atoms with Crippen molar-refractivity contribution in [2.45, 2.75) is 52.2 Å². The molecule has 2 unspecified atom stereocenters. The van der Waals surface area contributed by atoms with Gasteiger partial charge in [0.05, 0.1) is 18.4 Å². The van der Waals surface area contributed by atoms with E-state index in [9.17, 15) is 4.79 Å². The fourth-order valence-corrected chi connectivity index (χ4v) is 3.50. The van der Waals surface area contributed by atoms with E-state index in [0.717, 1.165) is 37.1 Å². The maximum Gasteiger partial charge on any atom is 0.322 e. The first-order valence-corrected chi connectivity index (χ1v) is 9.24. The molecule has 2 aliphatic heterocycles. The molecule has 0 aliphatic carbocycles. The van der Waals surface area contributed by atoms with Crippen LogP contribution in [0.25, 0.3) is 0 Å². The quantitative estimate of drug-likeness (QED) is 0.885. The molecule has 2 amide bonds. The van der Waals surface area contributed by atoms with Crippen molar-refractivity contribution in [2.24, 2.45) is 0 Å². The van der Waals surface area contributed by atoms with Crippen molar-refractivity contribution in [3.05, 3.63) is 17.7 Å². The van der Waals surface area contributed by atoms with Crippen molar-refractivity contribution < 1.29 is 19.0 Å². The van der Waals surface area contributed by atoms with Gasteiger partial charge in [0.25, 0.3) is 0 Å².